The van der Waals surface area contributed by atoms with Crippen molar-refractivity contribution in [3.05, 3.63) is 65.9 Å². The number of ether oxygens (including phenoxy) is 3. The van der Waals surface area contributed by atoms with E-state index in [0.29, 0.717) is 44.2 Å². The number of carboxylic acid groups (broad SMARTS) is 1. The molecule has 2 fully saturated rings. The number of benzene rings is 3. The van der Waals surface area contributed by atoms with Gasteiger partial charge in [0.1, 0.15) is 30.0 Å². The van der Waals surface area contributed by atoms with Gasteiger partial charge in [-0.2, -0.15) is 0 Å². The van der Waals surface area contributed by atoms with Crippen LogP contribution in [0.25, 0.3) is 44.2 Å². The predicted molar refractivity (Wildman–Crippen MR) is 210 cm³/mol. The van der Waals surface area contributed by atoms with Crippen LogP contribution in [0.5, 0.6) is 5.75 Å². The van der Waals surface area contributed by atoms with Crippen LogP contribution < -0.4 is 10.1 Å². The quantitative estimate of drug-likeness (QED) is 0.118. The predicted octanol–water partition coefficient (Wildman–Crippen LogP) is 7.57. The van der Waals surface area contributed by atoms with Crippen molar-refractivity contribution in [3.8, 4) is 28.1 Å². The van der Waals surface area contributed by atoms with E-state index in [-0.39, 0.29) is 29.8 Å². The van der Waals surface area contributed by atoms with E-state index in [1.807, 2.05) is 43.1 Å². The van der Waals surface area contributed by atoms with Crippen molar-refractivity contribution in [2.24, 2.45) is 11.8 Å². The number of hydrogen-bond acceptors (Lipinski definition) is 8. The molecule has 5 atom stereocenters. The first-order valence-electron chi connectivity index (χ1n) is 19.3. The zero-order valence-electron chi connectivity index (χ0n) is 32.6. The summed E-state index contributed by atoms with van der Waals surface area (Å²) in [5.41, 5.74) is 6.09. The number of aromatic amines is 2. The molecule has 3 aromatic carbocycles. The lowest BCUT2D eigenvalue weighted by atomic mass is 9.92. The third kappa shape index (κ3) is 6.49. The molecule has 14 heteroatoms. The molecular weight excluding hydrogens is 715 g/mol. The fourth-order valence-corrected chi connectivity index (χ4v) is 8.93. The number of methoxy groups -OCH3 is 2. The monoisotopic (exact) mass is 763 g/mol. The summed E-state index contributed by atoms with van der Waals surface area (Å²) >= 11 is 0. The van der Waals surface area contributed by atoms with E-state index in [9.17, 15) is 19.5 Å². The average Bonchev–Trinajstić information content (AvgIpc) is 4.00. The summed E-state index contributed by atoms with van der Waals surface area (Å²) in [6, 6.07) is 13.1. The number of carbonyl (C=O) groups is 3. The van der Waals surface area contributed by atoms with Gasteiger partial charge >= 0.3 is 12.2 Å². The third-order valence-electron chi connectivity index (χ3n) is 12.1. The standard InChI is InChI=1S/C42H49N7O7/c1-7-22(2)35(47-40(51)55-6)39(50)49-32(12-13-42(49,3)4)37-43-18-31(45-37)25-8-10-27-26(15-25)21-56-34-17-28-24(16-29(27)34)9-11-30-36(28)46-38(44-30)33-14-23(20-54-5)19-48(33)41(52)53/h8-11,15-18,22-23,32-33,35H,7,12-14,19-21H2,1-6H3,(H,43,45)(H,44,46)(H,47,51)(H,52,53)/t22-,23-,32?,33-,35-/m0/s1. The molecule has 56 heavy (non-hydrogen) atoms. The van der Waals surface area contributed by atoms with Crippen LogP contribution in [0.15, 0.2) is 48.7 Å². The molecule has 0 saturated carbocycles. The fourth-order valence-electron chi connectivity index (χ4n) is 8.93. The lowest BCUT2D eigenvalue weighted by Gasteiger charge is -2.39. The Labute approximate surface area is 324 Å². The number of rotatable bonds is 9. The van der Waals surface area contributed by atoms with Gasteiger partial charge in [-0.05, 0) is 85.4 Å². The number of H-pyrrole nitrogens is 2. The summed E-state index contributed by atoms with van der Waals surface area (Å²) in [4.78, 5) is 58.5. The largest absolute Gasteiger partial charge is 0.488 e. The highest BCUT2D eigenvalue weighted by atomic mass is 16.5. The third-order valence-corrected chi connectivity index (χ3v) is 12.1. The first-order valence-corrected chi connectivity index (χ1v) is 19.3. The number of likely N-dealkylation sites (tertiary alicyclic amines) is 2. The number of fused-ring (bicyclic) bond motifs is 6. The van der Waals surface area contributed by atoms with Crippen LogP contribution >= 0.6 is 0 Å². The maximum Gasteiger partial charge on any atom is 0.407 e. The van der Waals surface area contributed by atoms with E-state index in [1.165, 1.54) is 12.0 Å². The van der Waals surface area contributed by atoms with E-state index >= 15 is 0 Å². The van der Waals surface area contributed by atoms with Crippen molar-refractivity contribution in [2.45, 2.75) is 83.6 Å². The van der Waals surface area contributed by atoms with E-state index in [1.54, 1.807) is 7.11 Å². The number of carbonyl (C=O) groups excluding carboxylic acids is 2. The van der Waals surface area contributed by atoms with E-state index in [0.717, 1.165) is 68.3 Å². The van der Waals surface area contributed by atoms with Crippen molar-refractivity contribution < 1.29 is 33.7 Å². The zero-order chi connectivity index (χ0) is 39.5. The molecule has 3 amide bonds. The van der Waals surface area contributed by atoms with Crippen molar-refractivity contribution in [2.75, 3.05) is 27.4 Å². The Kier molecular flexibility index (Phi) is 9.63. The number of alkyl carbamates (subject to hydrolysis) is 1. The van der Waals surface area contributed by atoms with E-state index in [2.05, 4.69) is 53.4 Å². The number of nitrogens with zero attached hydrogens (tertiary/aromatic N) is 4. The maximum absolute atomic E-state index is 14.2. The first-order chi connectivity index (χ1) is 26.9. The Morgan fingerprint density at radius 2 is 1.89 bits per heavy atom. The van der Waals surface area contributed by atoms with Gasteiger partial charge in [-0.15, -0.1) is 0 Å². The number of nitrogens with one attached hydrogen (secondary N) is 3. The minimum absolute atomic E-state index is 0.0886. The SMILES string of the molecule is CC[C@H](C)[C@H](NC(=O)OC)C(=O)N1C(c2ncc(-c3ccc4c(c3)COc3cc5c(ccc6nc([C@@H]7C[C@H](COC)CN7C(=O)O)[nH]c65)cc3-4)[nH]2)CCC1(C)C. The molecule has 0 radical (unpaired) electrons. The Hall–Kier alpha value is -5.63. The molecule has 3 aliphatic heterocycles. The minimum Gasteiger partial charge on any atom is -0.488 e. The van der Waals surface area contributed by atoms with Crippen LogP contribution in [-0.2, 0) is 20.9 Å². The average molecular weight is 764 g/mol. The van der Waals surface area contributed by atoms with Gasteiger partial charge < -0.3 is 39.5 Å². The molecule has 0 aliphatic carbocycles. The minimum atomic E-state index is -0.964. The lowest BCUT2D eigenvalue weighted by molar-refractivity contribution is -0.140. The van der Waals surface area contributed by atoms with E-state index < -0.39 is 23.8 Å². The molecule has 8 rings (SSSR count). The highest BCUT2D eigenvalue weighted by molar-refractivity contribution is 6.07. The van der Waals surface area contributed by atoms with Crippen LogP contribution in [0.2, 0.25) is 0 Å². The summed E-state index contributed by atoms with van der Waals surface area (Å²) < 4.78 is 16.6. The van der Waals surface area contributed by atoms with Crippen molar-refractivity contribution in [1.29, 1.82) is 0 Å². The number of amides is 3. The van der Waals surface area contributed by atoms with Gasteiger partial charge in [0.05, 0.1) is 48.7 Å². The molecule has 0 bridgehead atoms. The molecule has 14 nitrogen and oxygen atoms in total. The summed E-state index contributed by atoms with van der Waals surface area (Å²) in [7, 11) is 2.94. The normalized spacial score (nSPS) is 21.1. The molecule has 0 spiro atoms. The van der Waals surface area contributed by atoms with Gasteiger partial charge in [-0.25, -0.2) is 19.6 Å². The van der Waals surface area contributed by atoms with Gasteiger partial charge in [0.2, 0.25) is 5.91 Å². The topological polar surface area (TPSA) is 175 Å². The van der Waals surface area contributed by atoms with Crippen LogP contribution in [0.1, 0.15) is 82.7 Å². The summed E-state index contributed by atoms with van der Waals surface area (Å²) in [5.74, 6) is 1.98. The molecule has 2 aromatic heterocycles. The summed E-state index contributed by atoms with van der Waals surface area (Å²) in [6.45, 7) is 9.37. The summed E-state index contributed by atoms with van der Waals surface area (Å²) in [6.07, 6.45) is 3.12. The van der Waals surface area contributed by atoms with Crippen LogP contribution in [-0.4, -0.2) is 91.9 Å². The fraction of sp³-hybridized carbons (Fsp3) is 0.452. The van der Waals surface area contributed by atoms with Gasteiger partial charge in [-0.1, -0.05) is 38.5 Å². The Morgan fingerprint density at radius 3 is 2.64 bits per heavy atom. The number of imidazole rings is 2. The number of aromatic nitrogens is 4. The second-order valence-corrected chi connectivity index (χ2v) is 16.1. The van der Waals surface area contributed by atoms with Crippen LogP contribution in [0, 0.1) is 11.8 Å². The molecule has 5 heterocycles. The molecule has 294 valence electrons. The molecule has 3 aliphatic rings. The first kappa shape index (κ1) is 37.3. The highest BCUT2D eigenvalue weighted by Gasteiger charge is 2.47. The summed E-state index contributed by atoms with van der Waals surface area (Å²) in [5, 5.41) is 14.7. The van der Waals surface area contributed by atoms with Crippen LogP contribution in [0.3, 0.4) is 0 Å². The lowest BCUT2D eigenvalue weighted by Crippen LogP contribution is -2.56. The highest BCUT2D eigenvalue weighted by Crippen LogP contribution is 2.45. The molecule has 5 aromatic rings. The second kappa shape index (κ2) is 14.5. The van der Waals surface area contributed by atoms with Gasteiger partial charge in [-0.3, -0.25) is 9.69 Å². The van der Waals surface area contributed by atoms with E-state index in [4.69, 9.17) is 24.2 Å². The van der Waals surface area contributed by atoms with Gasteiger partial charge in [0.15, 0.2) is 0 Å². The Balaban J connectivity index is 1.06. The Morgan fingerprint density at radius 1 is 1.07 bits per heavy atom. The van der Waals surface area contributed by atoms with Crippen LogP contribution in [0.4, 0.5) is 9.59 Å². The molecule has 1 unspecified atom stereocenters. The number of hydrogen-bond donors (Lipinski definition) is 4. The molecular formula is C42H49N7O7. The van der Waals surface area contributed by atoms with Crippen molar-refractivity contribution in [1.82, 2.24) is 35.1 Å². The maximum atomic E-state index is 14.2. The van der Waals surface area contributed by atoms with Gasteiger partial charge in [0, 0.05) is 36.1 Å². The van der Waals surface area contributed by atoms with Crippen molar-refractivity contribution >= 4 is 39.9 Å². The van der Waals surface area contributed by atoms with Gasteiger partial charge in [0.25, 0.3) is 0 Å². The smallest absolute Gasteiger partial charge is 0.407 e. The zero-order valence-corrected chi connectivity index (χ0v) is 32.6. The van der Waals surface area contributed by atoms with Crippen molar-refractivity contribution in [3.63, 3.8) is 0 Å². The molecule has 2 saturated heterocycles. The molecule has 4 N–H and O–H groups in total. The Bertz CT molecular complexity index is 2330. The second-order valence-electron chi connectivity index (χ2n) is 16.1.